The van der Waals surface area contributed by atoms with E-state index in [2.05, 4.69) is 5.10 Å². The Hall–Kier alpha value is -1.72. The number of rotatable bonds is 1. The fraction of sp³-hybridized carbons (Fsp3) is 0.765. The SMILES string of the molecule is COc1nn(C)c2c1CCC21CCN(C(=O)OC(C)(C)C)CC1. The molecule has 2 aliphatic rings. The van der Waals surface area contributed by atoms with E-state index in [1.165, 1.54) is 11.3 Å². The van der Waals surface area contributed by atoms with Crippen LogP contribution < -0.4 is 4.74 Å². The summed E-state index contributed by atoms with van der Waals surface area (Å²) in [6.45, 7) is 7.19. The van der Waals surface area contributed by atoms with Crippen molar-refractivity contribution in [2.45, 2.75) is 57.5 Å². The van der Waals surface area contributed by atoms with Gasteiger partial charge in [-0.3, -0.25) is 4.68 Å². The topological polar surface area (TPSA) is 56.6 Å². The summed E-state index contributed by atoms with van der Waals surface area (Å²) in [5.74, 6) is 0.758. The van der Waals surface area contributed by atoms with Crippen LogP contribution in [-0.4, -0.2) is 46.6 Å². The van der Waals surface area contributed by atoms with Crippen molar-refractivity contribution in [2.24, 2.45) is 7.05 Å². The second-order valence-electron chi connectivity index (χ2n) is 7.71. The van der Waals surface area contributed by atoms with Gasteiger partial charge < -0.3 is 14.4 Å². The van der Waals surface area contributed by atoms with Crippen molar-refractivity contribution in [3.05, 3.63) is 11.3 Å². The predicted molar refractivity (Wildman–Crippen MR) is 86.8 cm³/mol. The lowest BCUT2D eigenvalue weighted by Crippen LogP contribution is -2.46. The summed E-state index contributed by atoms with van der Waals surface area (Å²) in [6, 6.07) is 0. The highest BCUT2D eigenvalue weighted by atomic mass is 16.6. The second kappa shape index (κ2) is 5.42. The fourth-order valence-corrected chi connectivity index (χ4v) is 4.01. The van der Waals surface area contributed by atoms with Crippen LogP contribution in [0.3, 0.4) is 0 Å². The molecule has 0 bridgehead atoms. The van der Waals surface area contributed by atoms with Crippen LogP contribution in [0.4, 0.5) is 4.79 Å². The number of carbonyl (C=O) groups excluding carboxylic acids is 1. The van der Waals surface area contributed by atoms with Gasteiger partial charge in [-0.1, -0.05) is 0 Å². The first kappa shape index (κ1) is 16.1. The van der Waals surface area contributed by atoms with Gasteiger partial charge in [-0.15, -0.1) is 5.10 Å². The number of nitrogens with zero attached hydrogens (tertiary/aromatic N) is 3. The van der Waals surface area contributed by atoms with Crippen LogP contribution in [0.15, 0.2) is 0 Å². The molecular weight excluding hydrogens is 294 g/mol. The van der Waals surface area contributed by atoms with Crippen LogP contribution in [0.1, 0.15) is 51.3 Å². The van der Waals surface area contributed by atoms with E-state index in [1.54, 1.807) is 7.11 Å². The highest BCUT2D eigenvalue weighted by Gasteiger charge is 2.46. The summed E-state index contributed by atoms with van der Waals surface area (Å²) < 4.78 is 12.9. The van der Waals surface area contributed by atoms with Crippen molar-refractivity contribution in [1.82, 2.24) is 14.7 Å². The molecular formula is C17H27N3O3. The quantitative estimate of drug-likeness (QED) is 0.798. The maximum Gasteiger partial charge on any atom is 0.410 e. The number of aryl methyl sites for hydroxylation is 1. The zero-order valence-electron chi connectivity index (χ0n) is 14.8. The molecule has 0 atom stereocenters. The Morgan fingerprint density at radius 1 is 1.22 bits per heavy atom. The number of amides is 1. The number of fused-ring (bicyclic) bond motifs is 2. The first-order valence-corrected chi connectivity index (χ1v) is 8.34. The Balaban J connectivity index is 1.73. The molecule has 6 heteroatoms. The molecule has 0 saturated carbocycles. The molecule has 1 aromatic heterocycles. The van der Waals surface area contributed by atoms with Crippen molar-refractivity contribution in [1.29, 1.82) is 0 Å². The maximum absolute atomic E-state index is 12.2. The molecule has 1 aromatic rings. The number of likely N-dealkylation sites (tertiary alicyclic amines) is 1. The average Bonchev–Trinajstić information content (AvgIpc) is 2.98. The molecule has 1 spiro atoms. The molecule has 0 aromatic carbocycles. The maximum atomic E-state index is 12.2. The molecule has 0 unspecified atom stereocenters. The van der Waals surface area contributed by atoms with Crippen LogP contribution in [0, 0.1) is 0 Å². The summed E-state index contributed by atoms with van der Waals surface area (Å²) in [5.41, 5.74) is 2.24. The number of hydrogen-bond donors (Lipinski definition) is 0. The Labute approximate surface area is 137 Å². The smallest absolute Gasteiger partial charge is 0.410 e. The molecule has 0 radical (unpaired) electrons. The van der Waals surface area contributed by atoms with Crippen LogP contribution >= 0.6 is 0 Å². The minimum Gasteiger partial charge on any atom is -0.480 e. The number of methoxy groups -OCH3 is 1. The third kappa shape index (κ3) is 2.79. The highest BCUT2D eigenvalue weighted by molar-refractivity contribution is 5.68. The average molecular weight is 321 g/mol. The van der Waals surface area contributed by atoms with E-state index in [0.29, 0.717) is 0 Å². The summed E-state index contributed by atoms with van der Waals surface area (Å²) in [4.78, 5) is 14.1. The van der Waals surface area contributed by atoms with Gasteiger partial charge in [0.15, 0.2) is 0 Å². The monoisotopic (exact) mass is 321 g/mol. The summed E-state index contributed by atoms with van der Waals surface area (Å²) in [6.07, 6.45) is 3.85. The Morgan fingerprint density at radius 2 is 1.87 bits per heavy atom. The molecule has 1 aliphatic heterocycles. The minimum absolute atomic E-state index is 0.131. The lowest BCUT2D eigenvalue weighted by Gasteiger charge is -2.40. The Morgan fingerprint density at radius 3 is 2.43 bits per heavy atom. The molecule has 0 N–H and O–H groups in total. The molecule has 6 nitrogen and oxygen atoms in total. The van der Waals surface area contributed by atoms with Crippen LogP contribution in [-0.2, 0) is 23.6 Å². The van der Waals surface area contributed by atoms with Gasteiger partial charge in [0.05, 0.1) is 12.8 Å². The fourth-order valence-electron chi connectivity index (χ4n) is 4.01. The van der Waals surface area contributed by atoms with Crippen molar-refractivity contribution in [2.75, 3.05) is 20.2 Å². The van der Waals surface area contributed by atoms with Crippen molar-refractivity contribution in [3.8, 4) is 5.88 Å². The van der Waals surface area contributed by atoms with Crippen molar-refractivity contribution >= 4 is 6.09 Å². The molecule has 1 saturated heterocycles. The zero-order chi connectivity index (χ0) is 16.8. The summed E-state index contributed by atoms with van der Waals surface area (Å²) >= 11 is 0. The van der Waals surface area contributed by atoms with Gasteiger partial charge in [0, 0.05) is 31.1 Å². The normalized spacial score (nSPS) is 19.8. The molecule has 23 heavy (non-hydrogen) atoms. The standard InChI is InChI=1S/C17H27N3O3/c1-16(2,3)23-15(21)20-10-8-17(9-11-20)7-6-12-13(17)19(4)18-14(12)22-5/h6-11H2,1-5H3. The van der Waals surface area contributed by atoms with E-state index in [4.69, 9.17) is 9.47 Å². The Kier molecular flexibility index (Phi) is 3.81. The van der Waals surface area contributed by atoms with Gasteiger partial charge in [-0.2, -0.15) is 0 Å². The lowest BCUT2D eigenvalue weighted by molar-refractivity contribution is 0.0160. The molecule has 1 aliphatic carbocycles. The van der Waals surface area contributed by atoms with E-state index >= 15 is 0 Å². The largest absolute Gasteiger partial charge is 0.480 e. The summed E-state index contributed by atoms with van der Waals surface area (Å²) in [5, 5.41) is 4.49. The minimum atomic E-state index is -0.442. The summed E-state index contributed by atoms with van der Waals surface area (Å²) in [7, 11) is 3.67. The van der Waals surface area contributed by atoms with Gasteiger partial charge in [0.1, 0.15) is 5.60 Å². The second-order valence-corrected chi connectivity index (χ2v) is 7.71. The molecule has 2 heterocycles. The number of ether oxygens (including phenoxy) is 2. The molecule has 128 valence electrons. The number of piperidine rings is 1. The van der Waals surface area contributed by atoms with Gasteiger partial charge in [0.2, 0.25) is 5.88 Å². The molecule has 1 fully saturated rings. The van der Waals surface area contributed by atoms with E-state index in [1.807, 2.05) is 37.4 Å². The lowest BCUT2D eigenvalue weighted by atomic mass is 9.76. The first-order valence-electron chi connectivity index (χ1n) is 8.34. The van der Waals surface area contributed by atoms with Crippen LogP contribution in [0.2, 0.25) is 0 Å². The number of hydrogen-bond acceptors (Lipinski definition) is 4. The van der Waals surface area contributed by atoms with Gasteiger partial charge in [-0.25, -0.2) is 4.79 Å². The Bertz CT molecular complexity index is 607. The first-order chi connectivity index (χ1) is 10.8. The van der Waals surface area contributed by atoms with Crippen LogP contribution in [0.25, 0.3) is 0 Å². The third-order valence-electron chi connectivity index (χ3n) is 5.03. The molecule has 3 rings (SSSR count). The third-order valence-corrected chi connectivity index (χ3v) is 5.03. The zero-order valence-corrected chi connectivity index (χ0v) is 14.8. The van der Waals surface area contributed by atoms with Gasteiger partial charge in [-0.05, 0) is 46.5 Å². The van der Waals surface area contributed by atoms with Crippen molar-refractivity contribution < 1.29 is 14.3 Å². The number of aromatic nitrogens is 2. The van der Waals surface area contributed by atoms with Crippen LogP contribution in [0.5, 0.6) is 5.88 Å². The van der Waals surface area contributed by atoms with E-state index in [0.717, 1.165) is 44.7 Å². The number of carbonyl (C=O) groups is 1. The molecule has 1 amide bonds. The van der Waals surface area contributed by atoms with Gasteiger partial charge >= 0.3 is 6.09 Å². The van der Waals surface area contributed by atoms with E-state index in [-0.39, 0.29) is 11.5 Å². The van der Waals surface area contributed by atoms with Gasteiger partial charge in [0.25, 0.3) is 0 Å². The van der Waals surface area contributed by atoms with E-state index < -0.39 is 5.60 Å². The van der Waals surface area contributed by atoms with Crippen molar-refractivity contribution in [3.63, 3.8) is 0 Å². The highest BCUT2D eigenvalue weighted by Crippen LogP contribution is 2.48. The van der Waals surface area contributed by atoms with E-state index in [9.17, 15) is 4.79 Å². The predicted octanol–water partition coefficient (Wildman–Crippen LogP) is 2.64.